The molecule has 2 aromatic rings. The predicted molar refractivity (Wildman–Crippen MR) is 79.8 cm³/mol. The molecule has 2 aromatic carbocycles. The Kier molecular flexibility index (Phi) is 4.14. The van der Waals surface area contributed by atoms with Crippen LogP contribution in [-0.2, 0) is 0 Å². The topological polar surface area (TPSA) is 20.3 Å². The van der Waals surface area contributed by atoms with Gasteiger partial charge in [0.05, 0.1) is 0 Å². The maximum Gasteiger partial charge on any atom is 0.253 e. The molecule has 0 aliphatic heterocycles. The average Bonchev–Trinajstić information content (AvgIpc) is 2.45. The van der Waals surface area contributed by atoms with E-state index in [-0.39, 0.29) is 5.91 Å². The molecule has 0 spiro atoms. The molecule has 1 amide bonds. The summed E-state index contributed by atoms with van der Waals surface area (Å²) in [6.45, 7) is 0. The van der Waals surface area contributed by atoms with Gasteiger partial charge in [0.1, 0.15) is 0 Å². The third kappa shape index (κ3) is 3.32. The lowest BCUT2D eigenvalue weighted by molar-refractivity contribution is 0.0827. The summed E-state index contributed by atoms with van der Waals surface area (Å²) in [5.41, 5.74) is 2.78. The summed E-state index contributed by atoms with van der Waals surface area (Å²) >= 11 is 0. The van der Waals surface area contributed by atoms with E-state index in [1.807, 2.05) is 66.7 Å². The van der Waals surface area contributed by atoms with Crippen LogP contribution in [-0.4, -0.2) is 24.9 Å². The summed E-state index contributed by atoms with van der Waals surface area (Å²) in [5, 5.41) is 0. The molecule has 2 heteroatoms. The molecule has 0 saturated carbocycles. The Labute approximate surface area is 114 Å². The number of rotatable bonds is 3. The SMILES string of the molecule is CN(C)C(=O)c1ccccc1/C=C/c1ccccc1. The van der Waals surface area contributed by atoms with Crippen LogP contribution in [0.3, 0.4) is 0 Å². The van der Waals surface area contributed by atoms with E-state index >= 15 is 0 Å². The smallest absolute Gasteiger partial charge is 0.253 e. The zero-order valence-corrected chi connectivity index (χ0v) is 11.2. The van der Waals surface area contributed by atoms with Gasteiger partial charge < -0.3 is 4.90 Å². The van der Waals surface area contributed by atoms with E-state index in [2.05, 4.69) is 0 Å². The minimum Gasteiger partial charge on any atom is -0.345 e. The van der Waals surface area contributed by atoms with Crippen LogP contribution in [0.25, 0.3) is 12.2 Å². The Balaban J connectivity index is 2.31. The van der Waals surface area contributed by atoms with Crippen LogP contribution in [0.2, 0.25) is 0 Å². The molecule has 2 nitrogen and oxygen atoms in total. The summed E-state index contributed by atoms with van der Waals surface area (Å²) in [4.78, 5) is 13.7. The van der Waals surface area contributed by atoms with E-state index in [1.165, 1.54) is 0 Å². The minimum atomic E-state index is 0.0216. The van der Waals surface area contributed by atoms with E-state index in [9.17, 15) is 4.79 Å². The van der Waals surface area contributed by atoms with Gasteiger partial charge in [0.25, 0.3) is 5.91 Å². The Bertz CT molecular complexity index is 585. The number of hydrogen-bond donors (Lipinski definition) is 0. The fourth-order valence-corrected chi connectivity index (χ4v) is 1.83. The first-order valence-corrected chi connectivity index (χ1v) is 6.22. The summed E-state index contributed by atoms with van der Waals surface area (Å²) in [7, 11) is 3.53. The Morgan fingerprint density at radius 3 is 2.21 bits per heavy atom. The van der Waals surface area contributed by atoms with E-state index in [0.29, 0.717) is 0 Å². The summed E-state index contributed by atoms with van der Waals surface area (Å²) in [6.07, 6.45) is 3.99. The van der Waals surface area contributed by atoms with Crippen molar-refractivity contribution in [3.05, 3.63) is 71.3 Å². The van der Waals surface area contributed by atoms with Gasteiger partial charge in [0, 0.05) is 19.7 Å². The number of amides is 1. The van der Waals surface area contributed by atoms with Crippen molar-refractivity contribution in [3.8, 4) is 0 Å². The van der Waals surface area contributed by atoms with Crippen LogP contribution >= 0.6 is 0 Å². The summed E-state index contributed by atoms with van der Waals surface area (Å²) in [6, 6.07) is 17.7. The minimum absolute atomic E-state index is 0.0216. The lowest BCUT2D eigenvalue weighted by Gasteiger charge is -2.12. The summed E-state index contributed by atoms with van der Waals surface area (Å²) in [5.74, 6) is 0.0216. The van der Waals surface area contributed by atoms with E-state index in [4.69, 9.17) is 0 Å². The highest BCUT2D eigenvalue weighted by Gasteiger charge is 2.10. The van der Waals surface area contributed by atoms with Crippen molar-refractivity contribution in [2.75, 3.05) is 14.1 Å². The molecule has 0 aliphatic rings. The molecule has 0 aliphatic carbocycles. The van der Waals surface area contributed by atoms with E-state index in [0.717, 1.165) is 16.7 Å². The highest BCUT2D eigenvalue weighted by atomic mass is 16.2. The molecular formula is C17H17NO. The van der Waals surface area contributed by atoms with Gasteiger partial charge >= 0.3 is 0 Å². The monoisotopic (exact) mass is 251 g/mol. The second kappa shape index (κ2) is 6.01. The van der Waals surface area contributed by atoms with Gasteiger partial charge in [-0.15, -0.1) is 0 Å². The van der Waals surface area contributed by atoms with Crippen molar-refractivity contribution in [1.29, 1.82) is 0 Å². The van der Waals surface area contributed by atoms with Crippen LogP contribution in [0.1, 0.15) is 21.5 Å². The van der Waals surface area contributed by atoms with Crippen LogP contribution in [0.4, 0.5) is 0 Å². The molecule has 0 saturated heterocycles. The van der Waals surface area contributed by atoms with Crippen LogP contribution < -0.4 is 0 Å². The molecular weight excluding hydrogens is 234 g/mol. The maximum atomic E-state index is 12.1. The molecule has 0 unspecified atom stereocenters. The standard InChI is InChI=1S/C17H17NO/c1-18(2)17(19)16-11-7-6-10-15(16)13-12-14-8-4-3-5-9-14/h3-13H,1-2H3/b13-12+. The van der Waals surface area contributed by atoms with Gasteiger partial charge in [-0.3, -0.25) is 4.79 Å². The molecule has 0 fully saturated rings. The molecule has 0 radical (unpaired) electrons. The van der Waals surface area contributed by atoms with Crippen molar-refractivity contribution in [2.24, 2.45) is 0 Å². The third-order valence-corrected chi connectivity index (χ3v) is 2.85. The molecule has 0 aromatic heterocycles. The molecule has 0 N–H and O–H groups in total. The molecule has 0 atom stereocenters. The fourth-order valence-electron chi connectivity index (χ4n) is 1.83. The Morgan fingerprint density at radius 2 is 1.53 bits per heavy atom. The van der Waals surface area contributed by atoms with E-state index in [1.54, 1.807) is 19.0 Å². The van der Waals surface area contributed by atoms with Crippen molar-refractivity contribution in [3.63, 3.8) is 0 Å². The Hall–Kier alpha value is -2.35. The van der Waals surface area contributed by atoms with Gasteiger partial charge in [-0.05, 0) is 17.2 Å². The van der Waals surface area contributed by atoms with Gasteiger partial charge in [-0.1, -0.05) is 60.7 Å². The predicted octanol–water partition coefficient (Wildman–Crippen LogP) is 3.56. The van der Waals surface area contributed by atoms with Crippen molar-refractivity contribution in [2.45, 2.75) is 0 Å². The number of nitrogens with zero attached hydrogens (tertiary/aromatic N) is 1. The quantitative estimate of drug-likeness (QED) is 0.764. The second-order valence-electron chi connectivity index (χ2n) is 4.53. The number of carbonyl (C=O) groups excluding carboxylic acids is 1. The molecule has 0 heterocycles. The van der Waals surface area contributed by atoms with E-state index < -0.39 is 0 Å². The third-order valence-electron chi connectivity index (χ3n) is 2.85. The van der Waals surface area contributed by atoms with Crippen molar-refractivity contribution in [1.82, 2.24) is 4.90 Å². The first-order valence-electron chi connectivity index (χ1n) is 6.22. The number of hydrogen-bond acceptors (Lipinski definition) is 1. The molecule has 0 bridgehead atoms. The van der Waals surface area contributed by atoms with Crippen LogP contribution in [0, 0.1) is 0 Å². The first-order chi connectivity index (χ1) is 9.18. The zero-order chi connectivity index (χ0) is 13.7. The largest absolute Gasteiger partial charge is 0.345 e. The Morgan fingerprint density at radius 1 is 0.895 bits per heavy atom. The lowest BCUT2D eigenvalue weighted by atomic mass is 10.0. The lowest BCUT2D eigenvalue weighted by Crippen LogP contribution is -2.22. The van der Waals surface area contributed by atoms with Gasteiger partial charge in [-0.25, -0.2) is 0 Å². The maximum absolute atomic E-state index is 12.1. The highest BCUT2D eigenvalue weighted by Crippen LogP contribution is 2.14. The average molecular weight is 251 g/mol. The van der Waals surface area contributed by atoms with Gasteiger partial charge in [0.2, 0.25) is 0 Å². The van der Waals surface area contributed by atoms with Crippen molar-refractivity contribution < 1.29 is 4.79 Å². The second-order valence-corrected chi connectivity index (χ2v) is 4.53. The molecule has 96 valence electrons. The van der Waals surface area contributed by atoms with Gasteiger partial charge in [-0.2, -0.15) is 0 Å². The molecule has 19 heavy (non-hydrogen) atoms. The highest BCUT2D eigenvalue weighted by molar-refractivity contribution is 5.98. The van der Waals surface area contributed by atoms with Gasteiger partial charge in [0.15, 0.2) is 0 Å². The first kappa shape index (κ1) is 13.1. The zero-order valence-electron chi connectivity index (χ0n) is 11.2. The number of carbonyl (C=O) groups is 1. The van der Waals surface area contributed by atoms with Crippen LogP contribution in [0.15, 0.2) is 54.6 Å². The fraction of sp³-hybridized carbons (Fsp3) is 0.118. The van der Waals surface area contributed by atoms with Crippen LogP contribution in [0.5, 0.6) is 0 Å². The summed E-state index contributed by atoms with van der Waals surface area (Å²) < 4.78 is 0. The number of benzene rings is 2. The van der Waals surface area contributed by atoms with Crippen molar-refractivity contribution >= 4 is 18.1 Å². The molecule has 2 rings (SSSR count). The normalized spacial score (nSPS) is 10.6.